The molecule has 0 unspecified atom stereocenters. The second-order valence-electron chi connectivity index (χ2n) is 5.51. The minimum atomic E-state index is -0.394. The number of hydrogen-bond donors (Lipinski definition) is 0. The number of aromatic nitrogens is 2. The summed E-state index contributed by atoms with van der Waals surface area (Å²) in [5.41, 5.74) is 4.29. The van der Waals surface area contributed by atoms with E-state index in [0.717, 1.165) is 27.5 Å². The Morgan fingerprint density at radius 3 is 2.58 bits per heavy atom. The topological polar surface area (TPSA) is 43.6 Å². The molecule has 0 saturated heterocycles. The first-order chi connectivity index (χ1) is 11.8. The summed E-state index contributed by atoms with van der Waals surface area (Å²) in [6.45, 7) is 2.12. The molecule has 0 atom stereocenters. The van der Waals surface area contributed by atoms with Gasteiger partial charge in [0.25, 0.3) is 0 Å². The molecule has 4 heteroatoms. The highest BCUT2D eigenvalue weighted by atomic mass is 16.5. The second-order valence-corrected chi connectivity index (χ2v) is 5.51. The minimum Gasteiger partial charge on any atom is -0.461 e. The van der Waals surface area contributed by atoms with Gasteiger partial charge < -0.3 is 4.74 Å². The highest BCUT2D eigenvalue weighted by molar-refractivity contribution is 6.02. The molecule has 2 aromatic heterocycles. The number of nitrogens with zero attached hydrogens (tertiary/aromatic N) is 2. The van der Waals surface area contributed by atoms with Crippen LogP contribution in [0.15, 0.2) is 67.0 Å². The van der Waals surface area contributed by atoms with Crippen molar-refractivity contribution >= 4 is 22.4 Å². The molecule has 0 aliphatic rings. The smallest absolute Gasteiger partial charge is 0.359 e. The minimum absolute atomic E-state index is 0.330. The summed E-state index contributed by atoms with van der Waals surface area (Å²) in [6.07, 6.45) is 1.68. The van der Waals surface area contributed by atoms with Crippen LogP contribution >= 0.6 is 0 Å². The van der Waals surface area contributed by atoms with Crippen LogP contribution < -0.4 is 0 Å². The highest BCUT2D eigenvalue weighted by Gasteiger charge is 2.17. The number of benzene rings is 2. The van der Waals surface area contributed by atoms with Crippen molar-refractivity contribution < 1.29 is 9.53 Å². The van der Waals surface area contributed by atoms with E-state index in [1.54, 1.807) is 13.3 Å². The monoisotopic (exact) mass is 316 g/mol. The Bertz CT molecular complexity index is 1040. The Kier molecular flexibility index (Phi) is 3.50. The molecular formula is C20H16N2O2. The molecule has 4 rings (SSSR count). The van der Waals surface area contributed by atoms with Gasteiger partial charge in [-0.05, 0) is 30.2 Å². The summed E-state index contributed by atoms with van der Waals surface area (Å²) < 4.78 is 7.08. The van der Waals surface area contributed by atoms with E-state index in [-0.39, 0.29) is 0 Å². The maximum Gasteiger partial charge on any atom is 0.359 e. The SMILES string of the molecule is CCOC(=O)c1ncn2c1cc(-c1ccccc1)c1ccccc12. The highest BCUT2D eigenvalue weighted by Crippen LogP contribution is 2.31. The Balaban J connectivity index is 2.07. The molecule has 24 heavy (non-hydrogen) atoms. The standard InChI is InChI=1S/C20H16N2O2/c1-2-24-20(23)19-18-12-16(14-8-4-3-5-9-14)15-10-6-7-11-17(15)22(18)13-21-19/h3-13H,2H2,1H3. The van der Waals surface area contributed by atoms with Gasteiger partial charge in [-0.1, -0.05) is 48.5 Å². The number of carbonyl (C=O) groups excluding carboxylic acids is 1. The summed E-state index contributed by atoms with van der Waals surface area (Å²) in [6, 6.07) is 20.3. The number of hydrogen-bond acceptors (Lipinski definition) is 3. The van der Waals surface area contributed by atoms with Crippen LogP contribution in [0, 0.1) is 0 Å². The first kappa shape index (κ1) is 14.5. The van der Waals surface area contributed by atoms with Crippen LogP contribution in [0.5, 0.6) is 0 Å². The Morgan fingerprint density at radius 1 is 1.04 bits per heavy atom. The zero-order valence-electron chi connectivity index (χ0n) is 13.3. The van der Waals surface area contributed by atoms with Crippen molar-refractivity contribution in [3.63, 3.8) is 0 Å². The Morgan fingerprint density at radius 2 is 1.79 bits per heavy atom. The molecule has 4 aromatic rings. The molecule has 2 heterocycles. The van der Waals surface area contributed by atoms with E-state index in [2.05, 4.69) is 23.2 Å². The van der Waals surface area contributed by atoms with Crippen LogP contribution in [-0.2, 0) is 4.74 Å². The van der Waals surface area contributed by atoms with Crippen molar-refractivity contribution in [1.82, 2.24) is 9.38 Å². The third kappa shape index (κ3) is 2.24. The summed E-state index contributed by atoms with van der Waals surface area (Å²) >= 11 is 0. The van der Waals surface area contributed by atoms with Gasteiger partial charge in [0, 0.05) is 5.39 Å². The number of imidazole rings is 1. The van der Waals surface area contributed by atoms with Crippen molar-refractivity contribution in [3.05, 3.63) is 72.7 Å². The molecule has 0 spiro atoms. The predicted molar refractivity (Wildman–Crippen MR) is 94.1 cm³/mol. The molecule has 0 bridgehead atoms. The van der Waals surface area contributed by atoms with Gasteiger partial charge in [-0.2, -0.15) is 0 Å². The zero-order chi connectivity index (χ0) is 16.5. The van der Waals surface area contributed by atoms with E-state index in [1.165, 1.54) is 0 Å². The lowest BCUT2D eigenvalue weighted by molar-refractivity contribution is 0.0522. The van der Waals surface area contributed by atoms with Crippen molar-refractivity contribution in [2.24, 2.45) is 0 Å². The first-order valence-electron chi connectivity index (χ1n) is 7.91. The van der Waals surface area contributed by atoms with Gasteiger partial charge in [0.15, 0.2) is 5.69 Å². The third-order valence-electron chi connectivity index (χ3n) is 4.09. The van der Waals surface area contributed by atoms with Crippen molar-refractivity contribution in [2.45, 2.75) is 6.92 Å². The Hall–Kier alpha value is -3.14. The molecule has 0 saturated carbocycles. The van der Waals surface area contributed by atoms with E-state index in [4.69, 9.17) is 4.74 Å². The second kappa shape index (κ2) is 5.81. The van der Waals surface area contributed by atoms with E-state index in [1.807, 2.05) is 46.9 Å². The molecule has 118 valence electrons. The van der Waals surface area contributed by atoms with Gasteiger partial charge >= 0.3 is 5.97 Å². The third-order valence-corrected chi connectivity index (χ3v) is 4.09. The molecule has 0 aliphatic carbocycles. The number of para-hydroxylation sites is 1. The molecule has 2 aromatic carbocycles. The maximum atomic E-state index is 12.2. The van der Waals surface area contributed by atoms with Crippen molar-refractivity contribution in [1.29, 1.82) is 0 Å². The van der Waals surface area contributed by atoms with Crippen molar-refractivity contribution in [3.8, 4) is 11.1 Å². The lowest BCUT2D eigenvalue weighted by Crippen LogP contribution is -2.05. The zero-order valence-corrected chi connectivity index (χ0v) is 13.3. The Labute approximate surface area is 139 Å². The summed E-state index contributed by atoms with van der Waals surface area (Å²) in [7, 11) is 0. The number of pyridine rings is 1. The molecule has 4 nitrogen and oxygen atoms in total. The normalized spacial score (nSPS) is 11.0. The average molecular weight is 316 g/mol. The fourth-order valence-electron chi connectivity index (χ4n) is 3.03. The quantitative estimate of drug-likeness (QED) is 0.528. The van der Waals surface area contributed by atoms with Gasteiger partial charge in [0.1, 0.15) is 6.33 Å². The van der Waals surface area contributed by atoms with E-state index in [0.29, 0.717) is 12.3 Å². The predicted octanol–water partition coefficient (Wildman–Crippen LogP) is 4.33. The average Bonchev–Trinajstić information content (AvgIpc) is 3.06. The van der Waals surface area contributed by atoms with Crippen LogP contribution in [-0.4, -0.2) is 22.0 Å². The molecule has 0 aliphatic heterocycles. The van der Waals surface area contributed by atoms with Gasteiger partial charge in [-0.25, -0.2) is 9.78 Å². The van der Waals surface area contributed by atoms with E-state index < -0.39 is 5.97 Å². The fourth-order valence-corrected chi connectivity index (χ4v) is 3.03. The van der Waals surface area contributed by atoms with Gasteiger partial charge in [-0.3, -0.25) is 4.40 Å². The van der Waals surface area contributed by atoms with E-state index >= 15 is 0 Å². The van der Waals surface area contributed by atoms with Crippen molar-refractivity contribution in [2.75, 3.05) is 6.61 Å². The number of esters is 1. The van der Waals surface area contributed by atoms with Gasteiger partial charge in [0.05, 0.1) is 17.6 Å². The van der Waals surface area contributed by atoms with Crippen LogP contribution in [0.2, 0.25) is 0 Å². The molecule has 0 radical (unpaired) electrons. The van der Waals surface area contributed by atoms with Gasteiger partial charge in [0.2, 0.25) is 0 Å². The number of rotatable bonds is 3. The molecule has 0 N–H and O–H groups in total. The largest absolute Gasteiger partial charge is 0.461 e. The van der Waals surface area contributed by atoms with Crippen LogP contribution in [0.3, 0.4) is 0 Å². The lowest BCUT2D eigenvalue weighted by atomic mass is 10.0. The fraction of sp³-hybridized carbons (Fsp3) is 0.100. The first-order valence-corrected chi connectivity index (χ1v) is 7.91. The number of ether oxygens (including phenoxy) is 1. The van der Waals surface area contributed by atoms with Gasteiger partial charge in [-0.15, -0.1) is 0 Å². The summed E-state index contributed by atoms with van der Waals surface area (Å²) in [5, 5.41) is 1.11. The summed E-state index contributed by atoms with van der Waals surface area (Å²) in [5.74, 6) is -0.394. The number of fused-ring (bicyclic) bond motifs is 3. The summed E-state index contributed by atoms with van der Waals surface area (Å²) in [4.78, 5) is 16.5. The van der Waals surface area contributed by atoms with Crippen LogP contribution in [0.25, 0.3) is 27.5 Å². The molecular weight excluding hydrogens is 300 g/mol. The van der Waals surface area contributed by atoms with Crippen LogP contribution in [0.4, 0.5) is 0 Å². The van der Waals surface area contributed by atoms with Crippen LogP contribution in [0.1, 0.15) is 17.4 Å². The molecule has 0 amide bonds. The molecule has 0 fully saturated rings. The van der Waals surface area contributed by atoms with E-state index in [9.17, 15) is 4.79 Å². The lowest BCUT2D eigenvalue weighted by Gasteiger charge is -2.10. The maximum absolute atomic E-state index is 12.2. The number of carbonyl (C=O) groups is 1.